The quantitative estimate of drug-likeness (QED) is 0.903. The smallest absolute Gasteiger partial charge is 0.272 e. The van der Waals surface area contributed by atoms with Crippen LogP contribution in [0.15, 0.2) is 18.3 Å². The lowest BCUT2D eigenvalue weighted by atomic mass is 10.1. The summed E-state index contributed by atoms with van der Waals surface area (Å²) < 4.78 is 5.62. The van der Waals surface area contributed by atoms with Crippen molar-refractivity contribution >= 4 is 11.6 Å². The Hall–Kier alpha value is -1.62. The number of carbonyl (C=O) groups is 1. The average molecular weight is 263 g/mol. The molecular weight excluding hydrogens is 242 g/mol. The van der Waals surface area contributed by atoms with Crippen molar-refractivity contribution < 1.29 is 9.53 Å². The number of amides is 1. The number of ether oxygens (including phenoxy) is 1. The Bertz CT molecular complexity index is 460. The van der Waals surface area contributed by atoms with Crippen LogP contribution in [0.5, 0.6) is 0 Å². The topological polar surface area (TPSA) is 54.5 Å². The molecule has 5 nitrogen and oxygen atoms in total. The van der Waals surface area contributed by atoms with E-state index in [2.05, 4.69) is 10.3 Å². The van der Waals surface area contributed by atoms with Crippen molar-refractivity contribution in [1.82, 2.24) is 9.88 Å². The number of morpholine rings is 1. The highest BCUT2D eigenvalue weighted by atomic mass is 16.5. The van der Waals surface area contributed by atoms with Crippen LogP contribution in [0.25, 0.3) is 0 Å². The Morgan fingerprint density at radius 1 is 1.58 bits per heavy atom. The van der Waals surface area contributed by atoms with Crippen LogP contribution in [-0.4, -0.2) is 47.6 Å². The first-order valence-electron chi connectivity index (χ1n) is 6.65. The van der Waals surface area contributed by atoms with Gasteiger partial charge in [0.1, 0.15) is 5.69 Å². The Morgan fingerprint density at radius 3 is 3.05 bits per heavy atom. The highest BCUT2D eigenvalue weighted by Gasteiger charge is 2.30. The number of nitrogens with zero attached hydrogens (tertiary/aromatic N) is 2. The maximum Gasteiger partial charge on any atom is 0.272 e. The zero-order valence-electron chi connectivity index (χ0n) is 11.8. The fourth-order valence-electron chi connectivity index (χ4n) is 2.21. The molecule has 1 saturated heterocycles. The van der Waals surface area contributed by atoms with E-state index in [0.717, 1.165) is 12.2 Å². The molecule has 0 aliphatic carbocycles. The van der Waals surface area contributed by atoms with E-state index in [0.29, 0.717) is 25.4 Å². The molecule has 1 amide bonds. The minimum Gasteiger partial charge on any atom is -0.385 e. The van der Waals surface area contributed by atoms with E-state index in [1.807, 2.05) is 31.7 Å². The summed E-state index contributed by atoms with van der Waals surface area (Å²) in [6.07, 6.45) is 1.66. The molecule has 2 heterocycles. The molecule has 0 spiro atoms. The maximum absolute atomic E-state index is 12.4. The minimum absolute atomic E-state index is 0.0314. The number of carbonyl (C=O) groups excluding carboxylic acids is 1. The first-order chi connectivity index (χ1) is 9.02. The van der Waals surface area contributed by atoms with Crippen LogP contribution in [0, 0.1) is 0 Å². The molecule has 1 aliphatic heterocycles. The van der Waals surface area contributed by atoms with E-state index < -0.39 is 0 Å². The number of hydrogen-bond acceptors (Lipinski definition) is 4. The zero-order valence-corrected chi connectivity index (χ0v) is 11.8. The largest absolute Gasteiger partial charge is 0.385 e. The predicted octanol–water partition coefficient (Wildman–Crippen LogP) is 1.76. The predicted molar refractivity (Wildman–Crippen MR) is 74.3 cm³/mol. The molecule has 1 N–H and O–H groups in total. The molecule has 0 bridgehead atoms. The molecule has 0 radical (unpaired) electrons. The van der Waals surface area contributed by atoms with Crippen molar-refractivity contribution in [2.24, 2.45) is 0 Å². The standard InChI is InChI=1S/C14H21N3O2/c1-4-15-11-5-6-16-12(9-11)13(18)17-7-8-19-14(2,3)10-17/h5-6,9H,4,7-8,10H2,1-3H3,(H,15,16). The van der Waals surface area contributed by atoms with Gasteiger partial charge in [0.15, 0.2) is 0 Å². The summed E-state index contributed by atoms with van der Waals surface area (Å²) in [4.78, 5) is 18.4. The van der Waals surface area contributed by atoms with Gasteiger partial charge in [0.25, 0.3) is 5.91 Å². The highest BCUT2D eigenvalue weighted by Crippen LogP contribution is 2.18. The molecule has 1 fully saturated rings. The number of rotatable bonds is 3. The lowest BCUT2D eigenvalue weighted by molar-refractivity contribution is -0.0765. The third-order valence-corrected chi connectivity index (χ3v) is 3.07. The van der Waals surface area contributed by atoms with Gasteiger partial charge in [0, 0.05) is 31.5 Å². The van der Waals surface area contributed by atoms with Crippen LogP contribution >= 0.6 is 0 Å². The van der Waals surface area contributed by atoms with Gasteiger partial charge in [0.05, 0.1) is 12.2 Å². The number of anilines is 1. The zero-order chi connectivity index (χ0) is 13.9. The van der Waals surface area contributed by atoms with Crippen molar-refractivity contribution in [3.8, 4) is 0 Å². The highest BCUT2D eigenvalue weighted by molar-refractivity contribution is 5.93. The van der Waals surface area contributed by atoms with Crippen LogP contribution in [-0.2, 0) is 4.74 Å². The number of hydrogen-bond donors (Lipinski definition) is 1. The molecule has 1 aromatic rings. The fourth-order valence-corrected chi connectivity index (χ4v) is 2.21. The molecule has 0 unspecified atom stereocenters. The van der Waals surface area contributed by atoms with Crippen molar-refractivity contribution in [3.63, 3.8) is 0 Å². The SMILES string of the molecule is CCNc1ccnc(C(=O)N2CCOC(C)(C)C2)c1. The van der Waals surface area contributed by atoms with Crippen molar-refractivity contribution in [1.29, 1.82) is 0 Å². The summed E-state index contributed by atoms with van der Waals surface area (Å²) >= 11 is 0. The molecule has 104 valence electrons. The molecule has 0 aromatic carbocycles. The summed E-state index contributed by atoms with van der Waals surface area (Å²) in [5, 5.41) is 3.19. The van der Waals surface area contributed by atoms with Crippen LogP contribution in [0.2, 0.25) is 0 Å². The lowest BCUT2D eigenvalue weighted by Gasteiger charge is -2.38. The Kier molecular flexibility index (Phi) is 4.04. The van der Waals surface area contributed by atoms with E-state index in [1.54, 1.807) is 12.3 Å². The molecule has 1 aliphatic rings. The van der Waals surface area contributed by atoms with E-state index in [-0.39, 0.29) is 11.5 Å². The van der Waals surface area contributed by atoms with E-state index in [1.165, 1.54) is 0 Å². The maximum atomic E-state index is 12.4. The third-order valence-electron chi connectivity index (χ3n) is 3.07. The van der Waals surface area contributed by atoms with Gasteiger partial charge in [0.2, 0.25) is 0 Å². The van der Waals surface area contributed by atoms with Gasteiger partial charge >= 0.3 is 0 Å². The summed E-state index contributed by atoms with van der Waals surface area (Å²) in [7, 11) is 0. The lowest BCUT2D eigenvalue weighted by Crippen LogP contribution is -2.50. The van der Waals surface area contributed by atoms with Gasteiger partial charge < -0.3 is 15.0 Å². The second-order valence-corrected chi connectivity index (χ2v) is 5.29. The van der Waals surface area contributed by atoms with Crippen molar-refractivity contribution in [2.75, 3.05) is 31.6 Å². The summed E-state index contributed by atoms with van der Waals surface area (Å²) in [6, 6.07) is 3.66. The van der Waals surface area contributed by atoms with Crippen LogP contribution in [0.3, 0.4) is 0 Å². The first-order valence-corrected chi connectivity index (χ1v) is 6.65. The average Bonchev–Trinajstić information content (AvgIpc) is 2.37. The second kappa shape index (κ2) is 5.57. The van der Waals surface area contributed by atoms with E-state index in [9.17, 15) is 4.79 Å². The molecule has 5 heteroatoms. The van der Waals surface area contributed by atoms with Crippen LogP contribution < -0.4 is 5.32 Å². The minimum atomic E-state index is -0.285. The molecule has 0 saturated carbocycles. The van der Waals surface area contributed by atoms with Crippen molar-refractivity contribution in [3.05, 3.63) is 24.0 Å². The van der Waals surface area contributed by atoms with Gasteiger partial charge in [-0.15, -0.1) is 0 Å². The van der Waals surface area contributed by atoms with Crippen molar-refractivity contribution in [2.45, 2.75) is 26.4 Å². The summed E-state index contributed by atoms with van der Waals surface area (Å²) in [5.41, 5.74) is 1.12. The molecule has 1 aromatic heterocycles. The van der Waals surface area contributed by atoms with Crippen LogP contribution in [0.4, 0.5) is 5.69 Å². The van der Waals surface area contributed by atoms with E-state index >= 15 is 0 Å². The van der Waals surface area contributed by atoms with E-state index in [4.69, 9.17) is 4.74 Å². The molecular formula is C14H21N3O2. The fraction of sp³-hybridized carbons (Fsp3) is 0.571. The monoisotopic (exact) mass is 263 g/mol. The Balaban J connectivity index is 2.12. The normalized spacial score (nSPS) is 18.2. The molecule has 19 heavy (non-hydrogen) atoms. The van der Waals surface area contributed by atoms with Crippen LogP contribution in [0.1, 0.15) is 31.3 Å². The Labute approximate surface area is 114 Å². The number of nitrogens with one attached hydrogen (secondary N) is 1. The molecule has 2 rings (SSSR count). The first kappa shape index (κ1) is 13.8. The second-order valence-electron chi connectivity index (χ2n) is 5.29. The Morgan fingerprint density at radius 2 is 2.37 bits per heavy atom. The van der Waals surface area contributed by atoms with Gasteiger partial charge in [-0.1, -0.05) is 0 Å². The number of pyridine rings is 1. The number of aromatic nitrogens is 1. The van der Waals surface area contributed by atoms with Gasteiger partial charge in [-0.25, -0.2) is 0 Å². The molecule has 0 atom stereocenters. The third kappa shape index (κ3) is 3.44. The summed E-state index contributed by atoms with van der Waals surface area (Å²) in [5.74, 6) is -0.0314. The van der Waals surface area contributed by atoms with Gasteiger partial charge in [-0.05, 0) is 32.9 Å². The van der Waals surface area contributed by atoms with Gasteiger partial charge in [-0.2, -0.15) is 0 Å². The van der Waals surface area contributed by atoms with Gasteiger partial charge in [-0.3, -0.25) is 9.78 Å². The summed E-state index contributed by atoms with van der Waals surface area (Å²) in [6.45, 7) is 8.62.